The summed E-state index contributed by atoms with van der Waals surface area (Å²) in [5, 5.41) is -0.135. The summed E-state index contributed by atoms with van der Waals surface area (Å²) in [7, 11) is 0. The third kappa shape index (κ3) is 12.2. The van der Waals surface area contributed by atoms with E-state index in [-0.39, 0.29) is 5.12 Å². The zero-order valence-corrected chi connectivity index (χ0v) is 25.1. The van der Waals surface area contributed by atoms with Gasteiger partial charge < -0.3 is 23.7 Å². The SMILES string of the molecule is C=CC(=O)OCCCCOc1ccc(C(=O)Oc2ccc(SC(=O)c3ccc(OCCCCOC(=O)C=C)cc3)cc2)cc1. The number of carbonyl (C=O) groups is 4. The fourth-order valence-electron chi connectivity index (χ4n) is 3.53. The van der Waals surface area contributed by atoms with Gasteiger partial charge in [0.25, 0.3) is 0 Å². The lowest BCUT2D eigenvalue weighted by Crippen LogP contribution is -2.08. The summed E-state index contributed by atoms with van der Waals surface area (Å²) in [4.78, 5) is 48.0. The Balaban J connectivity index is 1.37. The van der Waals surface area contributed by atoms with E-state index in [1.54, 1.807) is 72.8 Å². The second kappa shape index (κ2) is 18.7. The Bertz CT molecular complexity index is 1290. The number of rotatable bonds is 18. The number of carbonyl (C=O) groups excluding carboxylic acids is 4. The first-order valence-corrected chi connectivity index (χ1v) is 14.8. The Labute approximate surface area is 260 Å². The summed E-state index contributed by atoms with van der Waals surface area (Å²) in [5.74, 6) is 0.200. The van der Waals surface area contributed by atoms with Crippen LogP contribution in [0.1, 0.15) is 46.4 Å². The van der Waals surface area contributed by atoms with Gasteiger partial charge in [-0.1, -0.05) is 13.2 Å². The van der Waals surface area contributed by atoms with Crippen molar-refractivity contribution in [1.82, 2.24) is 0 Å². The van der Waals surface area contributed by atoms with Crippen LogP contribution in [0.5, 0.6) is 17.2 Å². The normalized spacial score (nSPS) is 10.3. The molecule has 0 saturated heterocycles. The van der Waals surface area contributed by atoms with Crippen LogP contribution in [0.2, 0.25) is 0 Å². The molecule has 0 heterocycles. The minimum atomic E-state index is -0.518. The minimum absolute atomic E-state index is 0.135. The molecule has 3 aromatic rings. The lowest BCUT2D eigenvalue weighted by atomic mass is 10.2. The zero-order valence-electron chi connectivity index (χ0n) is 24.2. The highest BCUT2D eigenvalue weighted by Crippen LogP contribution is 2.26. The number of esters is 3. The maximum atomic E-state index is 12.7. The van der Waals surface area contributed by atoms with Crippen LogP contribution in [0.15, 0.2) is 103 Å². The zero-order chi connectivity index (χ0) is 31.6. The Morgan fingerprint density at radius 2 is 1.00 bits per heavy atom. The van der Waals surface area contributed by atoms with Crippen LogP contribution < -0.4 is 14.2 Å². The van der Waals surface area contributed by atoms with Crippen molar-refractivity contribution in [3.63, 3.8) is 0 Å². The molecule has 3 rings (SSSR count). The molecule has 230 valence electrons. The lowest BCUT2D eigenvalue weighted by Gasteiger charge is -2.08. The molecular weight excluding hydrogens is 584 g/mol. The van der Waals surface area contributed by atoms with Crippen LogP contribution in [0.25, 0.3) is 0 Å². The Hall–Kier alpha value is -4.83. The van der Waals surface area contributed by atoms with Crippen LogP contribution in [-0.2, 0) is 19.1 Å². The maximum absolute atomic E-state index is 12.7. The van der Waals surface area contributed by atoms with Crippen molar-refractivity contribution in [2.45, 2.75) is 30.6 Å². The summed E-state index contributed by atoms with van der Waals surface area (Å²) in [6.45, 7) is 8.21. The van der Waals surface area contributed by atoms with Crippen molar-refractivity contribution in [3.8, 4) is 17.2 Å². The van der Waals surface area contributed by atoms with Crippen molar-refractivity contribution in [3.05, 3.63) is 109 Å². The van der Waals surface area contributed by atoms with E-state index in [1.165, 1.54) is 0 Å². The van der Waals surface area contributed by atoms with Crippen LogP contribution in [0, 0.1) is 0 Å². The van der Waals surface area contributed by atoms with Gasteiger partial charge in [0.1, 0.15) is 17.2 Å². The van der Waals surface area contributed by atoms with Gasteiger partial charge in [0, 0.05) is 22.6 Å². The predicted molar refractivity (Wildman–Crippen MR) is 166 cm³/mol. The fraction of sp³-hybridized carbons (Fsp3) is 0.235. The molecule has 0 spiro atoms. The summed E-state index contributed by atoms with van der Waals surface area (Å²) in [6.07, 6.45) is 5.02. The second-order valence-electron chi connectivity index (χ2n) is 9.15. The standard InChI is InChI=1S/C34H34O9S/c1-3-31(35)41-23-7-5-21-39-27-13-9-25(10-14-27)33(37)43-29-17-19-30(20-18-29)44-34(38)26-11-15-28(16-12-26)40-22-6-8-24-42-32(36)4-2/h3-4,9-20H,1-2,5-8,21-24H2. The molecule has 44 heavy (non-hydrogen) atoms. The highest BCUT2D eigenvalue weighted by molar-refractivity contribution is 8.14. The van der Waals surface area contributed by atoms with E-state index in [1.807, 2.05) is 0 Å². The van der Waals surface area contributed by atoms with Gasteiger partial charge in [-0.15, -0.1) is 0 Å². The molecule has 0 saturated carbocycles. The van der Waals surface area contributed by atoms with Crippen LogP contribution in [-0.4, -0.2) is 49.5 Å². The van der Waals surface area contributed by atoms with Gasteiger partial charge in [-0.2, -0.15) is 0 Å². The first-order chi connectivity index (χ1) is 21.4. The molecule has 0 fully saturated rings. The van der Waals surface area contributed by atoms with Gasteiger partial charge in [0.15, 0.2) is 0 Å². The number of benzene rings is 3. The molecule has 0 radical (unpaired) electrons. The highest BCUT2D eigenvalue weighted by atomic mass is 32.2. The van der Waals surface area contributed by atoms with E-state index >= 15 is 0 Å². The Kier molecular flexibility index (Phi) is 14.3. The van der Waals surface area contributed by atoms with Crippen LogP contribution in [0.3, 0.4) is 0 Å². The molecule has 10 heteroatoms. The third-order valence-electron chi connectivity index (χ3n) is 5.86. The molecule has 0 atom stereocenters. The predicted octanol–water partition coefficient (Wildman–Crippen LogP) is 6.61. The van der Waals surface area contributed by atoms with E-state index in [4.69, 9.17) is 23.7 Å². The molecule has 0 aliphatic carbocycles. The molecule has 0 unspecified atom stereocenters. The summed E-state index contributed by atoms with van der Waals surface area (Å²) in [6, 6.07) is 20.2. The van der Waals surface area contributed by atoms with Gasteiger partial charge in [-0.3, -0.25) is 4.79 Å². The van der Waals surface area contributed by atoms with Crippen molar-refractivity contribution in [1.29, 1.82) is 0 Å². The summed E-state index contributed by atoms with van der Waals surface area (Å²) in [5.41, 5.74) is 0.888. The average Bonchev–Trinajstić information content (AvgIpc) is 3.05. The van der Waals surface area contributed by atoms with E-state index < -0.39 is 17.9 Å². The summed E-state index contributed by atoms with van der Waals surface area (Å²) >= 11 is 1.06. The quantitative estimate of drug-likeness (QED) is 0.0507. The molecule has 0 N–H and O–H groups in total. The van der Waals surface area contributed by atoms with E-state index in [9.17, 15) is 19.2 Å². The van der Waals surface area contributed by atoms with Gasteiger partial charge in [-0.05, 0) is 110 Å². The van der Waals surface area contributed by atoms with Crippen LogP contribution in [0.4, 0.5) is 0 Å². The van der Waals surface area contributed by atoms with Crippen molar-refractivity contribution < 1.29 is 42.9 Å². The van der Waals surface area contributed by atoms with Gasteiger partial charge >= 0.3 is 17.9 Å². The van der Waals surface area contributed by atoms with Gasteiger partial charge in [0.2, 0.25) is 5.12 Å². The molecule has 0 aliphatic rings. The van der Waals surface area contributed by atoms with Gasteiger partial charge in [0.05, 0.1) is 32.0 Å². The number of unbranched alkanes of at least 4 members (excludes halogenated alkanes) is 2. The van der Waals surface area contributed by atoms with Crippen LogP contribution >= 0.6 is 11.8 Å². The number of thioether (sulfide) groups is 1. The second-order valence-corrected chi connectivity index (χ2v) is 10.2. The number of hydrogen-bond acceptors (Lipinski definition) is 10. The highest BCUT2D eigenvalue weighted by Gasteiger charge is 2.12. The Morgan fingerprint density at radius 1 is 0.568 bits per heavy atom. The Morgan fingerprint density at radius 3 is 1.48 bits per heavy atom. The largest absolute Gasteiger partial charge is 0.494 e. The van der Waals surface area contributed by atoms with Crippen molar-refractivity contribution in [2.24, 2.45) is 0 Å². The maximum Gasteiger partial charge on any atom is 0.343 e. The first-order valence-electron chi connectivity index (χ1n) is 14.0. The lowest BCUT2D eigenvalue weighted by molar-refractivity contribution is -0.138. The van der Waals surface area contributed by atoms with Gasteiger partial charge in [-0.25, -0.2) is 14.4 Å². The van der Waals surface area contributed by atoms with E-state index in [0.717, 1.165) is 23.9 Å². The van der Waals surface area contributed by atoms with E-state index in [2.05, 4.69) is 13.2 Å². The molecule has 0 aliphatic heterocycles. The topological polar surface area (TPSA) is 114 Å². The molecule has 9 nitrogen and oxygen atoms in total. The van der Waals surface area contributed by atoms with Crippen molar-refractivity contribution in [2.75, 3.05) is 26.4 Å². The molecule has 3 aromatic carbocycles. The van der Waals surface area contributed by atoms with E-state index in [0.29, 0.717) is 85.4 Å². The molecule has 0 aromatic heterocycles. The average molecular weight is 619 g/mol. The minimum Gasteiger partial charge on any atom is -0.494 e. The third-order valence-corrected chi connectivity index (χ3v) is 6.79. The van der Waals surface area contributed by atoms with Crippen molar-refractivity contribution >= 4 is 34.8 Å². The monoisotopic (exact) mass is 618 g/mol. The summed E-state index contributed by atoms with van der Waals surface area (Å²) < 4.78 is 26.6. The number of hydrogen-bond donors (Lipinski definition) is 0. The smallest absolute Gasteiger partial charge is 0.343 e. The number of ether oxygens (including phenoxy) is 5. The molecule has 0 bridgehead atoms. The molecule has 0 amide bonds. The fourth-order valence-corrected chi connectivity index (χ4v) is 4.27. The molecular formula is C34H34O9S. The first kappa shape index (κ1) is 33.7.